The molecule has 0 aliphatic heterocycles. The van der Waals surface area contributed by atoms with Gasteiger partial charge in [0.2, 0.25) is 0 Å². The summed E-state index contributed by atoms with van der Waals surface area (Å²) in [5.74, 6) is -1.83. The molecule has 4 nitrogen and oxygen atoms in total. The van der Waals surface area contributed by atoms with Crippen LogP contribution in [0.2, 0.25) is 0 Å². The maximum Gasteiger partial charge on any atom is 0.307 e. The molecule has 0 amide bonds. The van der Waals surface area contributed by atoms with E-state index in [1.807, 2.05) is 0 Å². The third kappa shape index (κ3) is 1.98. The standard InChI is InChI=1S/C9H7FN2O2/c10-7-1-5(3-9(13)14)6(4-11)2-8(7)12/h1-2H,3,12H2,(H,13,14). The van der Waals surface area contributed by atoms with Gasteiger partial charge in [0.1, 0.15) is 5.82 Å². The predicted molar refractivity (Wildman–Crippen MR) is 46.9 cm³/mol. The van der Waals surface area contributed by atoms with Crippen molar-refractivity contribution in [2.75, 3.05) is 5.73 Å². The van der Waals surface area contributed by atoms with Crippen LogP contribution in [-0.2, 0) is 11.2 Å². The minimum atomic E-state index is -1.12. The number of nitriles is 1. The topological polar surface area (TPSA) is 87.1 Å². The Hall–Kier alpha value is -2.09. The van der Waals surface area contributed by atoms with Crippen molar-refractivity contribution in [2.45, 2.75) is 6.42 Å². The van der Waals surface area contributed by atoms with Crippen LogP contribution < -0.4 is 5.73 Å². The van der Waals surface area contributed by atoms with E-state index in [2.05, 4.69) is 0 Å². The molecular weight excluding hydrogens is 187 g/mol. The van der Waals surface area contributed by atoms with E-state index in [-0.39, 0.29) is 23.2 Å². The van der Waals surface area contributed by atoms with Crippen LogP contribution in [0.4, 0.5) is 10.1 Å². The number of carboxylic acids is 1. The number of carboxylic acid groups (broad SMARTS) is 1. The zero-order valence-corrected chi connectivity index (χ0v) is 7.12. The quantitative estimate of drug-likeness (QED) is 0.685. The minimum Gasteiger partial charge on any atom is -0.481 e. The Kier molecular flexibility index (Phi) is 2.67. The molecule has 0 heterocycles. The second-order valence-corrected chi connectivity index (χ2v) is 2.71. The van der Waals surface area contributed by atoms with E-state index in [0.717, 1.165) is 12.1 Å². The molecule has 0 aromatic heterocycles. The van der Waals surface area contributed by atoms with Gasteiger partial charge >= 0.3 is 5.97 Å². The smallest absolute Gasteiger partial charge is 0.307 e. The summed E-state index contributed by atoms with van der Waals surface area (Å²) in [5.41, 5.74) is 5.29. The highest BCUT2D eigenvalue weighted by molar-refractivity contribution is 5.72. The molecule has 3 N–H and O–H groups in total. The third-order valence-electron chi connectivity index (χ3n) is 1.68. The molecule has 5 heteroatoms. The molecule has 0 saturated heterocycles. The molecule has 0 bridgehead atoms. The van der Waals surface area contributed by atoms with E-state index in [1.165, 1.54) is 0 Å². The fourth-order valence-electron chi connectivity index (χ4n) is 1.04. The van der Waals surface area contributed by atoms with Crippen LogP contribution in [-0.4, -0.2) is 11.1 Å². The number of nitrogens with two attached hydrogens (primary N) is 1. The van der Waals surface area contributed by atoms with E-state index in [9.17, 15) is 9.18 Å². The fourth-order valence-corrected chi connectivity index (χ4v) is 1.04. The van der Waals surface area contributed by atoms with Crippen molar-refractivity contribution in [2.24, 2.45) is 0 Å². The van der Waals surface area contributed by atoms with Gasteiger partial charge in [-0.3, -0.25) is 4.79 Å². The van der Waals surface area contributed by atoms with Crippen LogP contribution in [0.5, 0.6) is 0 Å². The first-order chi connectivity index (χ1) is 6.54. The lowest BCUT2D eigenvalue weighted by Crippen LogP contribution is -2.04. The number of nitrogens with zero attached hydrogens (tertiary/aromatic N) is 1. The van der Waals surface area contributed by atoms with Gasteiger partial charge in [0.05, 0.1) is 23.7 Å². The monoisotopic (exact) mass is 194 g/mol. The Morgan fingerprint density at radius 2 is 2.29 bits per heavy atom. The van der Waals surface area contributed by atoms with Crippen LogP contribution in [0.15, 0.2) is 12.1 Å². The van der Waals surface area contributed by atoms with E-state index >= 15 is 0 Å². The number of carbonyl (C=O) groups is 1. The minimum absolute atomic E-state index is 0.0892. The van der Waals surface area contributed by atoms with Gasteiger partial charge in [-0.15, -0.1) is 0 Å². The normalized spacial score (nSPS) is 9.43. The lowest BCUT2D eigenvalue weighted by Gasteiger charge is -2.03. The molecule has 14 heavy (non-hydrogen) atoms. The van der Waals surface area contributed by atoms with Crippen molar-refractivity contribution in [3.05, 3.63) is 29.1 Å². The summed E-state index contributed by atoms with van der Waals surface area (Å²) in [5, 5.41) is 17.1. The summed E-state index contributed by atoms with van der Waals surface area (Å²) in [4.78, 5) is 10.4. The molecule has 1 aromatic carbocycles. The van der Waals surface area contributed by atoms with E-state index in [4.69, 9.17) is 16.1 Å². The molecule has 0 spiro atoms. The van der Waals surface area contributed by atoms with Crippen LogP contribution in [0.3, 0.4) is 0 Å². The van der Waals surface area contributed by atoms with Crippen LogP contribution in [0, 0.1) is 17.1 Å². The number of rotatable bonds is 2. The molecule has 0 radical (unpaired) electrons. The van der Waals surface area contributed by atoms with Gasteiger partial charge in [-0.25, -0.2) is 4.39 Å². The van der Waals surface area contributed by atoms with Gasteiger partial charge in [0.25, 0.3) is 0 Å². The second-order valence-electron chi connectivity index (χ2n) is 2.71. The number of hydrogen-bond donors (Lipinski definition) is 2. The first-order valence-corrected chi connectivity index (χ1v) is 3.74. The summed E-state index contributed by atoms with van der Waals surface area (Å²) in [6.07, 6.45) is -0.389. The van der Waals surface area contributed by atoms with Crippen molar-refractivity contribution >= 4 is 11.7 Å². The van der Waals surface area contributed by atoms with Gasteiger partial charge in [0, 0.05) is 0 Å². The van der Waals surface area contributed by atoms with Crippen molar-refractivity contribution < 1.29 is 14.3 Å². The molecule has 0 aliphatic rings. The summed E-state index contributed by atoms with van der Waals surface area (Å²) in [6, 6.07) is 3.87. The largest absolute Gasteiger partial charge is 0.481 e. The molecule has 0 aliphatic carbocycles. The highest BCUT2D eigenvalue weighted by Gasteiger charge is 2.10. The Morgan fingerprint density at radius 1 is 1.64 bits per heavy atom. The second kappa shape index (κ2) is 3.75. The average Bonchev–Trinajstić information content (AvgIpc) is 2.10. The molecule has 0 fully saturated rings. The van der Waals surface area contributed by atoms with Crippen LogP contribution in [0.1, 0.15) is 11.1 Å². The first kappa shape index (κ1) is 9.99. The van der Waals surface area contributed by atoms with Crippen molar-refractivity contribution in [1.82, 2.24) is 0 Å². The molecular formula is C9H7FN2O2. The summed E-state index contributed by atoms with van der Waals surface area (Å²) < 4.78 is 12.9. The number of hydrogen-bond acceptors (Lipinski definition) is 3. The Bertz CT molecular complexity index is 424. The summed E-state index contributed by atoms with van der Waals surface area (Å²) >= 11 is 0. The van der Waals surface area contributed by atoms with Gasteiger partial charge in [-0.1, -0.05) is 0 Å². The SMILES string of the molecule is N#Cc1cc(N)c(F)cc1CC(=O)O. The maximum atomic E-state index is 12.9. The number of aliphatic carboxylic acids is 1. The van der Waals surface area contributed by atoms with Gasteiger partial charge < -0.3 is 10.8 Å². The zero-order chi connectivity index (χ0) is 10.7. The molecule has 72 valence electrons. The number of halogens is 1. The lowest BCUT2D eigenvalue weighted by atomic mass is 10.0. The molecule has 0 atom stereocenters. The zero-order valence-electron chi connectivity index (χ0n) is 7.12. The maximum absolute atomic E-state index is 12.9. The predicted octanol–water partition coefficient (Wildman–Crippen LogP) is 0.907. The van der Waals surface area contributed by atoms with Crippen molar-refractivity contribution in [3.63, 3.8) is 0 Å². The first-order valence-electron chi connectivity index (χ1n) is 3.74. The Morgan fingerprint density at radius 3 is 2.79 bits per heavy atom. The van der Waals surface area contributed by atoms with Crippen LogP contribution >= 0.6 is 0 Å². The van der Waals surface area contributed by atoms with Crippen molar-refractivity contribution in [1.29, 1.82) is 5.26 Å². The van der Waals surface area contributed by atoms with E-state index in [0.29, 0.717) is 0 Å². The molecule has 1 aromatic rings. The molecule has 0 unspecified atom stereocenters. The number of benzene rings is 1. The fraction of sp³-hybridized carbons (Fsp3) is 0.111. The Labute approximate surface area is 79.4 Å². The number of nitrogen functional groups attached to an aromatic ring is 1. The Balaban J connectivity index is 3.22. The summed E-state index contributed by atoms with van der Waals surface area (Å²) in [7, 11) is 0. The van der Waals surface area contributed by atoms with Gasteiger partial charge in [-0.05, 0) is 17.7 Å². The van der Waals surface area contributed by atoms with Crippen LogP contribution in [0.25, 0.3) is 0 Å². The molecule has 0 saturated carbocycles. The van der Waals surface area contributed by atoms with Crippen molar-refractivity contribution in [3.8, 4) is 6.07 Å². The van der Waals surface area contributed by atoms with E-state index in [1.54, 1.807) is 6.07 Å². The highest BCUT2D eigenvalue weighted by atomic mass is 19.1. The van der Waals surface area contributed by atoms with Gasteiger partial charge in [0.15, 0.2) is 0 Å². The molecule has 1 rings (SSSR count). The van der Waals surface area contributed by atoms with Gasteiger partial charge in [-0.2, -0.15) is 5.26 Å². The highest BCUT2D eigenvalue weighted by Crippen LogP contribution is 2.17. The third-order valence-corrected chi connectivity index (χ3v) is 1.68. The average molecular weight is 194 g/mol. The lowest BCUT2D eigenvalue weighted by molar-refractivity contribution is -0.136. The summed E-state index contributed by atoms with van der Waals surface area (Å²) in [6.45, 7) is 0. The number of anilines is 1. The van der Waals surface area contributed by atoms with E-state index < -0.39 is 11.8 Å².